The fraction of sp³-hybridized carbons (Fsp3) is 0.625. The normalized spacial score (nSPS) is 26.4. The highest BCUT2D eigenvalue weighted by Gasteiger charge is 2.36. The summed E-state index contributed by atoms with van der Waals surface area (Å²) in [7, 11) is 0. The lowest BCUT2D eigenvalue weighted by Crippen LogP contribution is -2.63. The van der Waals surface area contributed by atoms with Crippen molar-refractivity contribution in [3.8, 4) is 0 Å². The molecule has 2 atom stereocenters. The van der Waals surface area contributed by atoms with Gasteiger partial charge in [0, 0.05) is 0 Å². The zero-order valence-corrected chi connectivity index (χ0v) is 7.99. The number of esters is 1. The Morgan fingerprint density at radius 2 is 2.00 bits per heavy atom. The minimum Gasteiger partial charge on any atom is -0.464 e. The molecule has 0 bridgehead atoms. The Kier molecular flexibility index (Phi) is 3.06. The summed E-state index contributed by atoms with van der Waals surface area (Å²) in [5.74, 6) is -1.65. The van der Waals surface area contributed by atoms with Crippen LogP contribution in [0.3, 0.4) is 0 Å². The van der Waals surface area contributed by atoms with E-state index in [9.17, 15) is 14.4 Å². The van der Waals surface area contributed by atoms with Crippen molar-refractivity contribution in [1.82, 2.24) is 10.6 Å². The predicted molar refractivity (Wildman–Crippen MR) is 46.2 cm³/mol. The van der Waals surface area contributed by atoms with Gasteiger partial charge in [0.15, 0.2) is 0 Å². The number of amides is 2. The molecule has 1 heterocycles. The Labute approximate surface area is 81.0 Å². The summed E-state index contributed by atoms with van der Waals surface area (Å²) in [6.07, 6.45) is 0. The van der Waals surface area contributed by atoms with Crippen LogP contribution in [0.1, 0.15) is 13.8 Å². The first-order valence-corrected chi connectivity index (χ1v) is 4.33. The average molecular weight is 200 g/mol. The third kappa shape index (κ3) is 2.01. The summed E-state index contributed by atoms with van der Waals surface area (Å²) < 4.78 is 4.62. The van der Waals surface area contributed by atoms with Gasteiger partial charge in [-0.2, -0.15) is 0 Å². The van der Waals surface area contributed by atoms with E-state index in [4.69, 9.17) is 0 Å². The average Bonchev–Trinajstić information content (AvgIpc) is 2.11. The minimum atomic E-state index is -1.21. The lowest BCUT2D eigenvalue weighted by molar-refractivity contribution is -0.153. The molecule has 78 valence electrons. The number of piperazine rings is 1. The molecule has 0 radical (unpaired) electrons. The van der Waals surface area contributed by atoms with E-state index >= 15 is 0 Å². The second-order valence-corrected chi connectivity index (χ2v) is 2.92. The Bertz CT molecular complexity index is 269. The lowest BCUT2D eigenvalue weighted by atomic mass is 10.1. The molecule has 0 unspecified atom stereocenters. The summed E-state index contributed by atoms with van der Waals surface area (Å²) in [4.78, 5) is 33.5. The van der Waals surface area contributed by atoms with Crippen LogP contribution in [0.15, 0.2) is 0 Å². The van der Waals surface area contributed by atoms with Gasteiger partial charge in [0.2, 0.25) is 11.9 Å². The van der Waals surface area contributed by atoms with Crippen molar-refractivity contribution >= 4 is 17.8 Å². The molecular weight excluding hydrogens is 188 g/mol. The lowest BCUT2D eigenvalue weighted by Gasteiger charge is -2.25. The van der Waals surface area contributed by atoms with Gasteiger partial charge in [-0.3, -0.25) is 9.59 Å². The van der Waals surface area contributed by atoms with Crippen LogP contribution in [0, 0.1) is 0 Å². The van der Waals surface area contributed by atoms with Crippen LogP contribution < -0.4 is 10.6 Å². The Morgan fingerprint density at radius 1 is 1.36 bits per heavy atom. The molecule has 2 amide bonds. The van der Waals surface area contributed by atoms with Crippen LogP contribution >= 0.6 is 0 Å². The maximum absolute atomic E-state index is 11.2. The van der Waals surface area contributed by atoms with Crippen molar-refractivity contribution in [2.45, 2.75) is 25.9 Å². The molecule has 1 rings (SSSR count). The van der Waals surface area contributed by atoms with Gasteiger partial charge in [-0.25, -0.2) is 4.79 Å². The topological polar surface area (TPSA) is 84.5 Å². The van der Waals surface area contributed by atoms with Crippen molar-refractivity contribution < 1.29 is 19.1 Å². The minimum absolute atomic E-state index is 0.175. The zero-order valence-electron chi connectivity index (χ0n) is 7.99. The number of rotatable bonds is 2. The summed E-state index contributed by atoms with van der Waals surface area (Å²) in [6, 6.07) is -1.81. The van der Waals surface area contributed by atoms with Crippen LogP contribution in [0.5, 0.6) is 0 Å². The van der Waals surface area contributed by atoms with Gasteiger partial charge in [-0.1, -0.05) is 0 Å². The van der Waals surface area contributed by atoms with E-state index in [0.29, 0.717) is 0 Å². The van der Waals surface area contributed by atoms with Crippen molar-refractivity contribution in [3.05, 3.63) is 0 Å². The predicted octanol–water partition coefficient (Wildman–Crippen LogP) is -1.45. The summed E-state index contributed by atoms with van der Waals surface area (Å²) in [5.41, 5.74) is 0. The van der Waals surface area contributed by atoms with E-state index in [1.165, 1.54) is 6.92 Å². The second-order valence-electron chi connectivity index (χ2n) is 2.92. The van der Waals surface area contributed by atoms with Gasteiger partial charge in [-0.15, -0.1) is 0 Å². The zero-order chi connectivity index (χ0) is 10.7. The molecule has 0 aromatic heterocycles. The van der Waals surface area contributed by atoms with E-state index < -0.39 is 24.0 Å². The van der Waals surface area contributed by atoms with Gasteiger partial charge >= 0.3 is 5.97 Å². The molecule has 1 saturated heterocycles. The van der Waals surface area contributed by atoms with Crippen molar-refractivity contribution in [1.29, 1.82) is 0 Å². The molecule has 2 N–H and O–H groups in total. The SMILES string of the molecule is CCOC(=O)[C@@H]1NC(=O)[C@H](C)NC1=O. The van der Waals surface area contributed by atoms with Gasteiger partial charge in [0.05, 0.1) is 6.61 Å². The third-order valence-electron chi connectivity index (χ3n) is 1.82. The van der Waals surface area contributed by atoms with E-state index in [1.54, 1.807) is 6.92 Å². The van der Waals surface area contributed by atoms with Crippen LogP contribution in [0.25, 0.3) is 0 Å². The van der Waals surface area contributed by atoms with Crippen LogP contribution in [-0.2, 0) is 19.1 Å². The molecule has 0 aromatic carbocycles. The number of hydrogen-bond acceptors (Lipinski definition) is 4. The van der Waals surface area contributed by atoms with E-state index in [-0.39, 0.29) is 12.5 Å². The highest BCUT2D eigenvalue weighted by Crippen LogP contribution is 1.98. The maximum Gasteiger partial charge on any atom is 0.338 e. The first kappa shape index (κ1) is 10.5. The smallest absolute Gasteiger partial charge is 0.338 e. The Morgan fingerprint density at radius 3 is 2.57 bits per heavy atom. The summed E-state index contributed by atoms with van der Waals surface area (Å²) >= 11 is 0. The standard InChI is InChI=1S/C8H12N2O4/c1-3-14-8(13)5-7(12)9-4(2)6(11)10-5/h4-5H,3H2,1-2H3,(H,9,12)(H,10,11)/t4-,5+/m0/s1. The highest BCUT2D eigenvalue weighted by molar-refractivity contribution is 6.09. The largest absolute Gasteiger partial charge is 0.464 e. The maximum atomic E-state index is 11.2. The van der Waals surface area contributed by atoms with Crippen LogP contribution in [-0.4, -0.2) is 36.5 Å². The van der Waals surface area contributed by atoms with Crippen molar-refractivity contribution in [3.63, 3.8) is 0 Å². The quantitative estimate of drug-likeness (QED) is 0.422. The van der Waals surface area contributed by atoms with Gasteiger partial charge in [0.1, 0.15) is 6.04 Å². The van der Waals surface area contributed by atoms with Gasteiger partial charge < -0.3 is 15.4 Å². The molecule has 1 fully saturated rings. The number of nitrogens with one attached hydrogen (secondary N) is 2. The first-order valence-electron chi connectivity index (χ1n) is 4.33. The molecule has 0 saturated carbocycles. The monoisotopic (exact) mass is 200 g/mol. The van der Waals surface area contributed by atoms with Crippen molar-refractivity contribution in [2.75, 3.05) is 6.61 Å². The molecule has 6 nitrogen and oxygen atoms in total. The van der Waals surface area contributed by atoms with E-state index in [1.807, 2.05) is 0 Å². The number of carbonyl (C=O) groups excluding carboxylic acids is 3. The molecule has 14 heavy (non-hydrogen) atoms. The van der Waals surface area contributed by atoms with Crippen LogP contribution in [0.4, 0.5) is 0 Å². The molecular formula is C8H12N2O4. The van der Waals surface area contributed by atoms with Crippen LogP contribution in [0.2, 0.25) is 0 Å². The fourth-order valence-electron chi connectivity index (χ4n) is 1.09. The molecule has 0 aliphatic carbocycles. The Hall–Kier alpha value is -1.59. The number of hydrogen-bond donors (Lipinski definition) is 2. The van der Waals surface area contributed by atoms with E-state index in [2.05, 4.69) is 15.4 Å². The second kappa shape index (κ2) is 4.08. The van der Waals surface area contributed by atoms with E-state index in [0.717, 1.165) is 0 Å². The van der Waals surface area contributed by atoms with Gasteiger partial charge in [0.25, 0.3) is 5.91 Å². The highest BCUT2D eigenvalue weighted by atomic mass is 16.5. The summed E-state index contributed by atoms with van der Waals surface area (Å²) in [5, 5.41) is 4.64. The molecule has 1 aliphatic heterocycles. The van der Waals surface area contributed by atoms with Gasteiger partial charge in [-0.05, 0) is 13.8 Å². The summed E-state index contributed by atoms with van der Waals surface area (Å²) in [6.45, 7) is 3.34. The van der Waals surface area contributed by atoms with Crippen molar-refractivity contribution in [2.24, 2.45) is 0 Å². The third-order valence-corrected chi connectivity index (χ3v) is 1.82. The number of ether oxygens (including phenoxy) is 1. The molecule has 0 aromatic rings. The Balaban J connectivity index is 2.66. The fourth-order valence-corrected chi connectivity index (χ4v) is 1.09. The molecule has 6 heteroatoms. The molecule has 1 aliphatic rings. The first-order chi connectivity index (χ1) is 6.56. The molecule has 0 spiro atoms. The number of carbonyl (C=O) groups is 3.